The number of halogens is 2. The van der Waals surface area contributed by atoms with Gasteiger partial charge in [0.25, 0.3) is 5.91 Å². The van der Waals surface area contributed by atoms with Crippen LogP contribution in [0.15, 0.2) is 21.2 Å². The van der Waals surface area contributed by atoms with Crippen molar-refractivity contribution in [1.29, 1.82) is 0 Å². The molecule has 0 spiro atoms. The SMILES string of the molecule is Cl.NCCC(=O)NCC1CCCCN1C(=O)c1ccc(Br)o1. The van der Waals surface area contributed by atoms with Crippen molar-refractivity contribution < 1.29 is 14.0 Å². The van der Waals surface area contributed by atoms with Gasteiger partial charge in [-0.2, -0.15) is 0 Å². The number of hydrogen-bond donors (Lipinski definition) is 2. The average molecular weight is 395 g/mol. The first kappa shape index (κ1) is 19.0. The molecule has 1 aliphatic rings. The maximum absolute atomic E-state index is 12.5. The van der Waals surface area contributed by atoms with Crippen LogP contribution in [0.1, 0.15) is 36.2 Å². The maximum atomic E-state index is 12.5. The van der Waals surface area contributed by atoms with Gasteiger partial charge >= 0.3 is 0 Å². The zero-order valence-electron chi connectivity index (χ0n) is 12.2. The summed E-state index contributed by atoms with van der Waals surface area (Å²) in [5, 5.41) is 2.84. The lowest BCUT2D eigenvalue weighted by Crippen LogP contribution is -2.49. The lowest BCUT2D eigenvalue weighted by molar-refractivity contribution is -0.121. The van der Waals surface area contributed by atoms with E-state index in [-0.39, 0.29) is 30.3 Å². The van der Waals surface area contributed by atoms with Gasteiger partial charge in [0.05, 0.1) is 0 Å². The second kappa shape index (κ2) is 9.17. The van der Waals surface area contributed by atoms with Crippen LogP contribution < -0.4 is 11.1 Å². The molecule has 1 saturated heterocycles. The molecule has 1 fully saturated rings. The van der Waals surface area contributed by atoms with Crippen LogP contribution in [-0.4, -0.2) is 42.4 Å². The smallest absolute Gasteiger partial charge is 0.289 e. The fraction of sp³-hybridized carbons (Fsp3) is 0.571. The van der Waals surface area contributed by atoms with E-state index in [0.717, 1.165) is 19.3 Å². The molecule has 3 N–H and O–H groups in total. The molecule has 8 heteroatoms. The molecule has 0 aromatic carbocycles. The van der Waals surface area contributed by atoms with Gasteiger partial charge in [-0.3, -0.25) is 9.59 Å². The van der Waals surface area contributed by atoms with Crippen LogP contribution in [0.5, 0.6) is 0 Å². The van der Waals surface area contributed by atoms with Crippen LogP contribution in [0.25, 0.3) is 0 Å². The van der Waals surface area contributed by atoms with Crippen molar-refractivity contribution in [2.24, 2.45) is 5.73 Å². The van der Waals surface area contributed by atoms with Crippen molar-refractivity contribution in [2.45, 2.75) is 31.7 Å². The Morgan fingerprint density at radius 1 is 1.41 bits per heavy atom. The quantitative estimate of drug-likeness (QED) is 0.798. The second-order valence-electron chi connectivity index (χ2n) is 5.09. The summed E-state index contributed by atoms with van der Waals surface area (Å²) in [6, 6.07) is 3.37. The van der Waals surface area contributed by atoms with E-state index in [0.29, 0.717) is 36.5 Å². The minimum absolute atomic E-state index is 0. The molecule has 1 aliphatic heterocycles. The molecular formula is C14H21BrClN3O3. The zero-order chi connectivity index (χ0) is 15.2. The minimum atomic E-state index is -0.126. The van der Waals surface area contributed by atoms with Gasteiger partial charge in [-0.25, -0.2) is 0 Å². The number of nitrogens with zero attached hydrogens (tertiary/aromatic N) is 1. The van der Waals surface area contributed by atoms with Gasteiger partial charge in [-0.15, -0.1) is 12.4 Å². The largest absolute Gasteiger partial charge is 0.444 e. The van der Waals surface area contributed by atoms with E-state index in [1.54, 1.807) is 17.0 Å². The summed E-state index contributed by atoms with van der Waals surface area (Å²) in [5.41, 5.74) is 5.35. The third-order valence-electron chi connectivity index (χ3n) is 3.58. The van der Waals surface area contributed by atoms with E-state index in [4.69, 9.17) is 10.2 Å². The highest BCUT2D eigenvalue weighted by atomic mass is 79.9. The first-order chi connectivity index (χ1) is 10.1. The van der Waals surface area contributed by atoms with Gasteiger partial charge in [0.2, 0.25) is 5.91 Å². The molecule has 0 bridgehead atoms. The number of nitrogens with two attached hydrogens (primary N) is 1. The highest BCUT2D eigenvalue weighted by Crippen LogP contribution is 2.22. The Morgan fingerprint density at radius 3 is 2.82 bits per heavy atom. The van der Waals surface area contributed by atoms with Crippen LogP contribution in [-0.2, 0) is 4.79 Å². The molecule has 22 heavy (non-hydrogen) atoms. The Bertz CT molecular complexity index is 509. The average Bonchev–Trinajstić information content (AvgIpc) is 2.91. The molecule has 2 heterocycles. The van der Waals surface area contributed by atoms with E-state index in [2.05, 4.69) is 21.2 Å². The molecule has 0 aliphatic carbocycles. The van der Waals surface area contributed by atoms with Crippen LogP contribution in [0.2, 0.25) is 0 Å². The number of carbonyl (C=O) groups excluding carboxylic acids is 2. The van der Waals surface area contributed by atoms with E-state index in [1.807, 2.05) is 0 Å². The van der Waals surface area contributed by atoms with E-state index in [1.165, 1.54) is 0 Å². The summed E-state index contributed by atoms with van der Waals surface area (Å²) < 4.78 is 5.87. The van der Waals surface area contributed by atoms with Gasteiger partial charge in [-0.05, 0) is 47.3 Å². The molecule has 1 unspecified atom stereocenters. The van der Waals surface area contributed by atoms with Gasteiger partial charge in [-0.1, -0.05) is 0 Å². The van der Waals surface area contributed by atoms with Gasteiger partial charge in [0, 0.05) is 32.1 Å². The lowest BCUT2D eigenvalue weighted by atomic mass is 10.0. The molecule has 6 nitrogen and oxygen atoms in total. The summed E-state index contributed by atoms with van der Waals surface area (Å²) in [6.07, 6.45) is 3.23. The zero-order valence-corrected chi connectivity index (χ0v) is 14.6. The van der Waals surface area contributed by atoms with Gasteiger partial charge < -0.3 is 20.4 Å². The Hall–Kier alpha value is -1.05. The van der Waals surface area contributed by atoms with Crippen molar-refractivity contribution in [3.05, 3.63) is 22.6 Å². The number of rotatable bonds is 5. The first-order valence-corrected chi connectivity index (χ1v) is 7.94. The molecule has 0 saturated carbocycles. The summed E-state index contributed by atoms with van der Waals surface area (Å²) in [6.45, 7) is 1.49. The molecule has 1 aromatic heterocycles. The molecule has 1 aromatic rings. The van der Waals surface area contributed by atoms with Crippen LogP contribution >= 0.6 is 28.3 Å². The van der Waals surface area contributed by atoms with Crippen molar-refractivity contribution in [2.75, 3.05) is 19.6 Å². The van der Waals surface area contributed by atoms with Gasteiger partial charge in [0.15, 0.2) is 10.4 Å². The summed E-state index contributed by atoms with van der Waals surface area (Å²) >= 11 is 3.20. The lowest BCUT2D eigenvalue weighted by Gasteiger charge is -2.35. The topological polar surface area (TPSA) is 88.6 Å². The Morgan fingerprint density at radius 2 is 2.18 bits per heavy atom. The normalized spacial score (nSPS) is 17.7. The van der Waals surface area contributed by atoms with Crippen LogP contribution in [0.4, 0.5) is 0 Å². The Kier molecular flexibility index (Phi) is 7.92. The fourth-order valence-electron chi connectivity index (χ4n) is 2.50. The van der Waals surface area contributed by atoms with Crippen molar-refractivity contribution >= 4 is 40.2 Å². The number of furan rings is 1. The van der Waals surface area contributed by atoms with E-state index >= 15 is 0 Å². The highest BCUT2D eigenvalue weighted by molar-refractivity contribution is 9.10. The van der Waals surface area contributed by atoms with Crippen molar-refractivity contribution in [3.8, 4) is 0 Å². The van der Waals surface area contributed by atoms with E-state index < -0.39 is 0 Å². The van der Waals surface area contributed by atoms with Crippen molar-refractivity contribution in [3.63, 3.8) is 0 Å². The standard InChI is InChI=1S/C14H20BrN3O3.ClH/c15-12-5-4-11(21-12)14(20)18-8-2-1-3-10(18)9-17-13(19)6-7-16;/h4-5,10H,1-3,6-9,16H2,(H,17,19);1H. The Labute approximate surface area is 144 Å². The van der Waals surface area contributed by atoms with E-state index in [9.17, 15) is 9.59 Å². The number of likely N-dealkylation sites (tertiary alicyclic amines) is 1. The number of amides is 2. The monoisotopic (exact) mass is 393 g/mol. The maximum Gasteiger partial charge on any atom is 0.289 e. The molecule has 0 radical (unpaired) electrons. The minimum Gasteiger partial charge on any atom is -0.444 e. The second-order valence-corrected chi connectivity index (χ2v) is 5.88. The predicted molar refractivity (Wildman–Crippen MR) is 89.0 cm³/mol. The van der Waals surface area contributed by atoms with Crippen LogP contribution in [0.3, 0.4) is 0 Å². The molecule has 124 valence electrons. The van der Waals surface area contributed by atoms with Gasteiger partial charge in [0.1, 0.15) is 0 Å². The highest BCUT2D eigenvalue weighted by Gasteiger charge is 2.29. The third-order valence-corrected chi connectivity index (χ3v) is 4.00. The molecule has 2 amide bonds. The fourth-order valence-corrected chi connectivity index (χ4v) is 2.81. The van der Waals surface area contributed by atoms with Crippen LogP contribution in [0, 0.1) is 0 Å². The number of hydrogen-bond acceptors (Lipinski definition) is 4. The number of carbonyl (C=O) groups is 2. The number of piperidine rings is 1. The molecule has 2 rings (SSSR count). The predicted octanol–water partition coefficient (Wildman–Crippen LogP) is 1.92. The number of nitrogens with one attached hydrogen (secondary N) is 1. The Balaban J connectivity index is 0.00000242. The summed E-state index contributed by atoms with van der Waals surface area (Å²) in [7, 11) is 0. The molecular weight excluding hydrogens is 374 g/mol. The third kappa shape index (κ3) is 5.00. The van der Waals surface area contributed by atoms with Crippen molar-refractivity contribution in [1.82, 2.24) is 10.2 Å². The summed E-state index contributed by atoms with van der Waals surface area (Å²) in [4.78, 5) is 25.8. The first-order valence-electron chi connectivity index (χ1n) is 7.15. The summed E-state index contributed by atoms with van der Waals surface area (Å²) in [5.74, 6) is 0.122. The molecule has 1 atom stereocenters.